The predicted molar refractivity (Wildman–Crippen MR) is 144 cm³/mol. The molecule has 2 aliphatic rings. The molecule has 0 amide bonds. The number of allylic oxidation sites excluding steroid dienone is 1. The van der Waals surface area contributed by atoms with Crippen molar-refractivity contribution in [2.45, 2.75) is 32.7 Å². The molecule has 0 aromatic heterocycles. The third kappa shape index (κ3) is 4.22. The number of Topliss-reactive ketones (excluding diaryl/α,β-unsaturated/α-hetero) is 1. The number of nitrogens with one attached hydrogen (secondary N) is 2. The van der Waals surface area contributed by atoms with Crippen molar-refractivity contribution in [2.24, 2.45) is 5.41 Å². The van der Waals surface area contributed by atoms with E-state index in [9.17, 15) is 4.79 Å². The Kier molecular flexibility index (Phi) is 5.92. The van der Waals surface area contributed by atoms with Gasteiger partial charge < -0.3 is 15.5 Å². The number of carbonyl (C=O) groups excluding carboxylic acids is 1. The van der Waals surface area contributed by atoms with Gasteiger partial charge in [-0.15, -0.1) is 0 Å². The first-order valence-corrected chi connectivity index (χ1v) is 12.1. The smallest absolute Gasteiger partial charge is 0.178 e. The number of halogens is 1. The Bertz CT molecular complexity index is 1300. The lowest BCUT2D eigenvalue weighted by Crippen LogP contribution is -2.41. The van der Waals surface area contributed by atoms with Crippen LogP contribution in [0.5, 0.6) is 0 Å². The number of carbonyl (C=O) groups is 1. The molecule has 0 spiro atoms. The zero-order valence-electron chi connectivity index (χ0n) is 19.1. The number of nitrogens with zero attached hydrogens (tertiary/aromatic N) is 1. The molecule has 34 heavy (non-hydrogen) atoms. The minimum Gasteiger partial charge on any atom is -0.357 e. The molecule has 2 N–H and O–H groups in total. The Hall–Kier alpha value is -3.15. The number of para-hydroxylation sites is 3. The summed E-state index contributed by atoms with van der Waals surface area (Å²) in [6.45, 7) is 4.27. The van der Waals surface area contributed by atoms with Crippen molar-refractivity contribution in [3.63, 3.8) is 0 Å². The molecular weight excluding hydrogens is 462 g/mol. The molecule has 1 aliphatic carbocycles. The first-order valence-electron chi connectivity index (χ1n) is 11.4. The molecule has 0 bridgehead atoms. The lowest BCUT2D eigenvalue weighted by atomic mass is 9.73. The van der Waals surface area contributed by atoms with Gasteiger partial charge in [0.1, 0.15) is 0 Å². The topological polar surface area (TPSA) is 44.4 Å². The molecule has 4 nitrogen and oxygen atoms in total. The van der Waals surface area contributed by atoms with Gasteiger partial charge in [0, 0.05) is 28.4 Å². The second kappa shape index (κ2) is 8.90. The lowest BCUT2D eigenvalue weighted by molar-refractivity contribution is -0.118. The normalized spacial score (nSPS) is 19.0. The van der Waals surface area contributed by atoms with Crippen LogP contribution in [-0.4, -0.2) is 10.9 Å². The van der Waals surface area contributed by atoms with Crippen LogP contribution in [0.1, 0.15) is 38.3 Å². The molecule has 0 saturated carbocycles. The Morgan fingerprint density at radius 2 is 1.68 bits per heavy atom. The highest BCUT2D eigenvalue weighted by molar-refractivity contribution is 7.80. The van der Waals surface area contributed by atoms with Gasteiger partial charge in [-0.3, -0.25) is 4.79 Å². The fourth-order valence-corrected chi connectivity index (χ4v) is 5.47. The maximum absolute atomic E-state index is 13.7. The average Bonchev–Trinajstić information content (AvgIpc) is 2.93. The van der Waals surface area contributed by atoms with Crippen molar-refractivity contribution in [1.29, 1.82) is 0 Å². The van der Waals surface area contributed by atoms with Gasteiger partial charge in [-0.25, -0.2) is 0 Å². The Morgan fingerprint density at radius 3 is 2.44 bits per heavy atom. The summed E-state index contributed by atoms with van der Waals surface area (Å²) < 4.78 is 0. The summed E-state index contributed by atoms with van der Waals surface area (Å²) in [6.07, 6.45) is 1.23. The molecule has 172 valence electrons. The average molecular weight is 488 g/mol. The maximum atomic E-state index is 13.7. The molecule has 3 aromatic carbocycles. The molecule has 0 saturated heterocycles. The number of fused-ring (bicyclic) bond motifs is 1. The van der Waals surface area contributed by atoms with E-state index in [0.29, 0.717) is 16.6 Å². The van der Waals surface area contributed by atoms with Crippen LogP contribution in [0.2, 0.25) is 5.02 Å². The Balaban J connectivity index is 1.74. The van der Waals surface area contributed by atoms with Crippen molar-refractivity contribution in [3.05, 3.63) is 101 Å². The SMILES string of the molecule is CC1(C)CC(=O)C2=C(C1)Nc1ccccc1N(C(=S)Nc1ccccc1)C2c1ccccc1Cl. The Morgan fingerprint density at radius 1 is 1.00 bits per heavy atom. The van der Waals surface area contributed by atoms with E-state index in [2.05, 4.69) is 24.5 Å². The van der Waals surface area contributed by atoms with Crippen LogP contribution in [0.15, 0.2) is 90.1 Å². The summed E-state index contributed by atoms with van der Waals surface area (Å²) in [5.41, 5.74) is 5.05. The zero-order chi connectivity index (χ0) is 23.9. The molecule has 1 aliphatic heterocycles. The molecule has 5 rings (SSSR count). The Labute approximate surface area is 210 Å². The van der Waals surface area contributed by atoms with Gasteiger partial charge >= 0.3 is 0 Å². The van der Waals surface area contributed by atoms with Gasteiger partial charge in [-0.1, -0.05) is 74.0 Å². The van der Waals surface area contributed by atoms with Crippen molar-refractivity contribution in [3.8, 4) is 0 Å². The second-order valence-electron chi connectivity index (χ2n) is 9.57. The van der Waals surface area contributed by atoms with E-state index in [1.165, 1.54) is 0 Å². The largest absolute Gasteiger partial charge is 0.357 e. The highest BCUT2D eigenvalue weighted by Crippen LogP contribution is 2.49. The minimum atomic E-state index is -0.466. The molecule has 1 heterocycles. The fraction of sp³-hybridized carbons (Fsp3) is 0.214. The number of rotatable bonds is 2. The first-order chi connectivity index (χ1) is 16.3. The highest BCUT2D eigenvalue weighted by atomic mass is 35.5. The van der Waals surface area contributed by atoms with Crippen LogP contribution in [0.4, 0.5) is 17.1 Å². The molecule has 1 unspecified atom stereocenters. The van der Waals surface area contributed by atoms with Gasteiger partial charge in [-0.2, -0.15) is 0 Å². The molecule has 0 fully saturated rings. The maximum Gasteiger partial charge on any atom is 0.178 e. The molecule has 0 radical (unpaired) electrons. The quantitative estimate of drug-likeness (QED) is 0.370. The van der Waals surface area contributed by atoms with Crippen molar-refractivity contribution in [2.75, 3.05) is 15.5 Å². The third-order valence-electron chi connectivity index (χ3n) is 6.34. The van der Waals surface area contributed by atoms with E-state index in [4.69, 9.17) is 23.8 Å². The summed E-state index contributed by atoms with van der Waals surface area (Å²) in [5, 5.41) is 8.08. The van der Waals surface area contributed by atoms with Crippen LogP contribution in [-0.2, 0) is 4.79 Å². The van der Waals surface area contributed by atoms with Crippen LogP contribution in [0.25, 0.3) is 0 Å². The first kappa shape index (κ1) is 22.6. The zero-order valence-corrected chi connectivity index (χ0v) is 20.7. The second-order valence-corrected chi connectivity index (χ2v) is 10.4. The van der Waals surface area contributed by atoms with E-state index in [1.807, 2.05) is 83.8 Å². The standard InChI is InChI=1S/C28H26ClN3OS/c1-28(2)16-22-25(24(33)17-28)26(19-12-6-7-13-20(19)29)32(23-15-9-8-14-21(23)31-22)27(34)30-18-10-4-3-5-11-18/h3-15,26,31H,16-17H2,1-2H3,(H,30,34). The fourth-order valence-electron chi connectivity index (χ4n) is 4.91. The number of benzene rings is 3. The van der Waals surface area contributed by atoms with Crippen molar-refractivity contribution >= 4 is 51.8 Å². The molecular formula is C28H26ClN3OS. The lowest BCUT2D eigenvalue weighted by Gasteiger charge is -2.38. The highest BCUT2D eigenvalue weighted by Gasteiger charge is 2.43. The van der Waals surface area contributed by atoms with E-state index in [0.717, 1.165) is 40.3 Å². The summed E-state index contributed by atoms with van der Waals surface area (Å²) in [7, 11) is 0. The molecule has 6 heteroatoms. The number of hydrogen-bond acceptors (Lipinski definition) is 3. The number of hydrogen-bond donors (Lipinski definition) is 2. The summed E-state index contributed by atoms with van der Waals surface area (Å²) in [5.74, 6) is 0.115. The molecule has 1 atom stereocenters. The minimum absolute atomic E-state index is 0.115. The van der Waals surface area contributed by atoms with Crippen LogP contribution in [0.3, 0.4) is 0 Å². The number of anilines is 3. The number of ketones is 1. The van der Waals surface area contributed by atoms with Crippen molar-refractivity contribution < 1.29 is 4.79 Å². The van der Waals surface area contributed by atoms with Gasteiger partial charge in [0.15, 0.2) is 10.9 Å². The summed E-state index contributed by atoms with van der Waals surface area (Å²) in [6, 6.07) is 25.1. The van der Waals surface area contributed by atoms with E-state index >= 15 is 0 Å². The predicted octanol–water partition coefficient (Wildman–Crippen LogP) is 7.35. The van der Waals surface area contributed by atoms with Crippen LogP contribution in [0, 0.1) is 5.41 Å². The van der Waals surface area contributed by atoms with E-state index in [-0.39, 0.29) is 11.2 Å². The van der Waals surface area contributed by atoms with E-state index in [1.54, 1.807) is 0 Å². The van der Waals surface area contributed by atoms with Gasteiger partial charge in [0.25, 0.3) is 0 Å². The van der Waals surface area contributed by atoms with Gasteiger partial charge in [0.05, 0.1) is 17.4 Å². The van der Waals surface area contributed by atoms with Gasteiger partial charge in [0.2, 0.25) is 0 Å². The van der Waals surface area contributed by atoms with E-state index < -0.39 is 6.04 Å². The number of thiocarbonyl (C=S) groups is 1. The monoisotopic (exact) mass is 487 g/mol. The van der Waals surface area contributed by atoms with Crippen LogP contribution >= 0.6 is 23.8 Å². The van der Waals surface area contributed by atoms with Crippen LogP contribution < -0.4 is 15.5 Å². The van der Waals surface area contributed by atoms with Gasteiger partial charge in [-0.05, 0) is 59.9 Å². The third-order valence-corrected chi connectivity index (χ3v) is 6.99. The summed E-state index contributed by atoms with van der Waals surface area (Å²) in [4.78, 5) is 15.8. The van der Waals surface area contributed by atoms with Crippen molar-refractivity contribution in [1.82, 2.24) is 0 Å². The summed E-state index contributed by atoms with van der Waals surface area (Å²) >= 11 is 12.8. The molecule has 3 aromatic rings.